The highest BCUT2D eigenvalue weighted by molar-refractivity contribution is 6.06. The van der Waals surface area contributed by atoms with Gasteiger partial charge in [0, 0.05) is 74.3 Å². The van der Waals surface area contributed by atoms with E-state index in [0.717, 1.165) is 74.9 Å². The second-order valence-corrected chi connectivity index (χ2v) is 18.4. The van der Waals surface area contributed by atoms with E-state index in [1.807, 2.05) is 24.3 Å². The van der Waals surface area contributed by atoms with Gasteiger partial charge in [-0.1, -0.05) is 42.5 Å². The van der Waals surface area contributed by atoms with E-state index in [0.29, 0.717) is 48.1 Å². The number of aryl methyl sites for hydroxylation is 1. The summed E-state index contributed by atoms with van der Waals surface area (Å²) in [4.78, 5) is 52.0. The minimum Gasteiger partial charge on any atom is -0.508 e. The Balaban J connectivity index is 0.688. The summed E-state index contributed by atoms with van der Waals surface area (Å²) in [6.45, 7) is 7.11. The average Bonchev–Trinajstić information content (AvgIpc) is 3.58. The zero-order valence-corrected chi connectivity index (χ0v) is 33.5. The van der Waals surface area contributed by atoms with E-state index in [4.69, 9.17) is 9.72 Å². The second-order valence-electron chi connectivity index (χ2n) is 18.4. The highest BCUT2D eigenvalue weighted by atomic mass is 16.5. The van der Waals surface area contributed by atoms with Crippen LogP contribution in [-0.4, -0.2) is 95.6 Å². The highest BCUT2D eigenvalue weighted by Crippen LogP contribution is 2.50. The summed E-state index contributed by atoms with van der Waals surface area (Å²) in [6, 6.07) is 24.9. The van der Waals surface area contributed by atoms with E-state index in [2.05, 4.69) is 74.7 Å². The quantitative estimate of drug-likeness (QED) is 0.227. The van der Waals surface area contributed by atoms with Gasteiger partial charge in [0.05, 0.1) is 18.3 Å². The number of carbonyl (C=O) groups excluding carboxylic acids is 3. The van der Waals surface area contributed by atoms with Crippen molar-refractivity contribution >= 4 is 29.2 Å². The SMILES string of the molecule is O=C1CC[C@H](N2Cc3c(ccc4c3OC[C@H]3CN(CC5CCC6(CC5)CN(c5ccc([C@@H]7c8ccc(O)cc8CC[C@@H]7c7ccccc7)cn5)C6)CCN43)C2=O)C(=O)N1. The van der Waals surface area contributed by atoms with Gasteiger partial charge in [0.25, 0.3) is 5.91 Å². The Morgan fingerprint density at radius 2 is 1.71 bits per heavy atom. The third kappa shape index (κ3) is 6.44. The number of piperazine rings is 1. The molecular weight excluding hydrogens is 741 g/mol. The Kier molecular flexibility index (Phi) is 8.94. The van der Waals surface area contributed by atoms with Crippen molar-refractivity contribution in [1.82, 2.24) is 20.1 Å². The van der Waals surface area contributed by atoms with E-state index in [-0.39, 0.29) is 30.2 Å². The summed E-state index contributed by atoms with van der Waals surface area (Å²) in [5, 5.41) is 12.6. The zero-order chi connectivity index (χ0) is 39.8. The van der Waals surface area contributed by atoms with Crippen molar-refractivity contribution in [2.24, 2.45) is 11.3 Å². The number of hydrogen-bond donors (Lipinski definition) is 2. The molecule has 2 aliphatic carbocycles. The van der Waals surface area contributed by atoms with Gasteiger partial charge < -0.3 is 24.5 Å². The van der Waals surface area contributed by atoms with Gasteiger partial charge in [-0.2, -0.15) is 0 Å². The summed E-state index contributed by atoms with van der Waals surface area (Å²) in [5.74, 6) is 2.66. The second kappa shape index (κ2) is 14.4. The van der Waals surface area contributed by atoms with E-state index in [1.165, 1.54) is 47.9 Å². The third-order valence-electron chi connectivity index (χ3n) is 14.9. The molecule has 0 unspecified atom stereocenters. The first-order valence-electron chi connectivity index (χ1n) is 21.8. The summed E-state index contributed by atoms with van der Waals surface area (Å²) in [6.07, 6.45) is 9.81. The molecule has 0 bridgehead atoms. The lowest BCUT2D eigenvalue weighted by atomic mass is 9.65. The number of phenols is 1. The lowest BCUT2D eigenvalue weighted by Gasteiger charge is -2.54. The van der Waals surface area contributed by atoms with Crippen LogP contribution in [0.4, 0.5) is 11.5 Å². The van der Waals surface area contributed by atoms with E-state index >= 15 is 0 Å². The predicted molar refractivity (Wildman–Crippen MR) is 224 cm³/mol. The minimum absolute atomic E-state index is 0.162. The summed E-state index contributed by atoms with van der Waals surface area (Å²) in [5.41, 5.74) is 8.07. The first-order chi connectivity index (χ1) is 28.8. The smallest absolute Gasteiger partial charge is 0.255 e. The van der Waals surface area contributed by atoms with Gasteiger partial charge in [-0.3, -0.25) is 24.6 Å². The number of hydrogen-bond acceptors (Lipinski definition) is 9. The molecule has 11 nitrogen and oxygen atoms in total. The predicted octanol–water partition coefficient (Wildman–Crippen LogP) is 5.99. The standard InChI is InChI=1S/C48H52N6O5/c55-35-8-10-37-32(22-35)6-9-36(31-4-2-1-3-5-31)44(37)33-7-14-42(49-23-33)52-28-48(29-52)18-16-30(17-19-48)24-51-20-21-53-34(25-51)27-59-45-39-26-54(41-13-15-43(56)50-46(41)57)47(58)38(39)11-12-40(45)53/h1-5,7-8,10-12,14,22-23,30,34,36,41,44,55H,6,9,13,15-21,24-29H2,(H,50,56,57)/t34-,36-,41+,44+/m1/s1. The van der Waals surface area contributed by atoms with Crippen LogP contribution < -0.4 is 19.9 Å². The fraction of sp³-hybridized carbons (Fsp3) is 0.458. The van der Waals surface area contributed by atoms with Crippen LogP contribution in [0.1, 0.15) is 95.0 Å². The Hall–Kier alpha value is -5.42. The maximum Gasteiger partial charge on any atom is 0.255 e. The Labute approximate surface area is 345 Å². The molecule has 1 aromatic heterocycles. The molecule has 59 heavy (non-hydrogen) atoms. The number of nitrogens with zero attached hydrogens (tertiary/aromatic N) is 5. The number of anilines is 2. The molecule has 304 valence electrons. The number of benzene rings is 3. The normalized spacial score (nSPS) is 26.4. The van der Waals surface area contributed by atoms with Gasteiger partial charge in [-0.25, -0.2) is 4.98 Å². The summed E-state index contributed by atoms with van der Waals surface area (Å²) >= 11 is 0. The van der Waals surface area contributed by atoms with Crippen LogP contribution in [0.2, 0.25) is 0 Å². The van der Waals surface area contributed by atoms with Crippen molar-refractivity contribution in [3.63, 3.8) is 0 Å². The van der Waals surface area contributed by atoms with E-state index in [1.54, 1.807) is 4.90 Å². The van der Waals surface area contributed by atoms with Gasteiger partial charge in [-0.05, 0) is 109 Å². The minimum atomic E-state index is -0.631. The third-order valence-corrected chi connectivity index (χ3v) is 14.9. The van der Waals surface area contributed by atoms with Crippen molar-refractivity contribution in [2.45, 2.75) is 81.8 Å². The number of phenolic OH excluding ortho intramolecular Hbond substituents is 1. The van der Waals surface area contributed by atoms with Crippen molar-refractivity contribution < 1.29 is 24.2 Å². The molecule has 5 aliphatic heterocycles. The molecule has 2 N–H and O–H groups in total. The van der Waals surface area contributed by atoms with Crippen LogP contribution in [0.3, 0.4) is 0 Å². The Morgan fingerprint density at radius 1 is 0.864 bits per heavy atom. The van der Waals surface area contributed by atoms with Crippen molar-refractivity contribution in [3.8, 4) is 11.5 Å². The molecule has 1 spiro atoms. The molecular formula is C48H52N6O5. The number of pyridine rings is 1. The van der Waals surface area contributed by atoms with E-state index < -0.39 is 11.9 Å². The molecule has 7 aliphatic rings. The fourth-order valence-corrected chi connectivity index (χ4v) is 11.8. The van der Waals surface area contributed by atoms with Crippen molar-refractivity contribution in [3.05, 3.63) is 112 Å². The Morgan fingerprint density at radius 3 is 2.51 bits per heavy atom. The van der Waals surface area contributed by atoms with Crippen molar-refractivity contribution in [1.29, 1.82) is 0 Å². The van der Waals surface area contributed by atoms with Crippen LogP contribution >= 0.6 is 0 Å². The number of fused-ring (bicyclic) bond motifs is 6. The molecule has 3 amide bonds. The zero-order valence-electron chi connectivity index (χ0n) is 33.5. The number of amides is 3. The number of rotatable bonds is 6. The summed E-state index contributed by atoms with van der Waals surface area (Å²) in [7, 11) is 0. The van der Waals surface area contributed by atoms with Crippen LogP contribution in [0.15, 0.2) is 79.0 Å². The molecule has 0 radical (unpaired) electrons. The topological polar surface area (TPSA) is 119 Å². The molecule has 6 heterocycles. The Bertz CT molecular complexity index is 2300. The lowest BCUT2D eigenvalue weighted by Crippen LogP contribution is -2.59. The van der Waals surface area contributed by atoms with Crippen molar-refractivity contribution in [2.75, 3.05) is 55.7 Å². The molecule has 4 fully saturated rings. The first-order valence-corrected chi connectivity index (χ1v) is 21.8. The highest BCUT2D eigenvalue weighted by Gasteiger charge is 2.47. The number of aromatic nitrogens is 1. The van der Waals surface area contributed by atoms with Gasteiger partial charge in [0.1, 0.15) is 30.0 Å². The van der Waals surface area contributed by atoms with Gasteiger partial charge >= 0.3 is 0 Å². The van der Waals surface area contributed by atoms with Gasteiger partial charge in [0.2, 0.25) is 11.8 Å². The number of carbonyl (C=O) groups is 3. The first kappa shape index (κ1) is 36.6. The van der Waals surface area contributed by atoms with Crippen LogP contribution in [-0.2, 0) is 22.6 Å². The van der Waals surface area contributed by atoms with Crippen LogP contribution in [0.5, 0.6) is 11.5 Å². The van der Waals surface area contributed by atoms with Crippen LogP contribution in [0.25, 0.3) is 0 Å². The van der Waals surface area contributed by atoms with Gasteiger partial charge in [0.15, 0.2) is 0 Å². The van der Waals surface area contributed by atoms with Gasteiger partial charge in [-0.15, -0.1) is 0 Å². The number of ether oxygens (including phenoxy) is 1. The molecule has 1 saturated carbocycles. The molecule has 3 saturated heterocycles. The maximum atomic E-state index is 13.4. The number of aromatic hydroxyl groups is 1. The largest absolute Gasteiger partial charge is 0.508 e. The molecule has 11 heteroatoms. The van der Waals surface area contributed by atoms with E-state index in [9.17, 15) is 19.5 Å². The maximum absolute atomic E-state index is 13.4. The lowest BCUT2D eigenvalue weighted by molar-refractivity contribution is -0.136. The number of piperidine rings is 1. The molecule has 4 atom stereocenters. The molecule has 11 rings (SSSR count). The monoisotopic (exact) mass is 792 g/mol. The van der Waals surface area contributed by atoms with Crippen LogP contribution in [0, 0.1) is 11.3 Å². The molecule has 4 aromatic rings. The fourth-order valence-electron chi connectivity index (χ4n) is 11.8. The number of imide groups is 1. The molecule has 3 aromatic carbocycles. The number of nitrogens with one attached hydrogen (secondary N) is 1. The average molecular weight is 793 g/mol. The summed E-state index contributed by atoms with van der Waals surface area (Å²) < 4.78 is 6.46.